The number of nitrogens with zero attached hydrogens (tertiary/aromatic N) is 3. The maximum atomic E-state index is 5.54. The van der Waals surface area contributed by atoms with Crippen molar-refractivity contribution in [1.29, 1.82) is 0 Å². The Hall–Kier alpha value is -2.44. The fourth-order valence-electron chi connectivity index (χ4n) is 4.74. The van der Waals surface area contributed by atoms with Crippen LogP contribution in [0.3, 0.4) is 0 Å². The van der Waals surface area contributed by atoms with Crippen LogP contribution in [0.1, 0.15) is 35.8 Å². The number of unbranched alkanes of at least 4 members (excludes halogenated alkanes) is 1. The molecule has 4 aromatic rings. The maximum Gasteiger partial charge on any atom is 0.137 e. The first-order valence-electron chi connectivity index (χ1n) is 11.9. The van der Waals surface area contributed by atoms with Crippen LogP contribution in [-0.4, -0.2) is 47.7 Å². The predicted octanol–water partition coefficient (Wildman–Crippen LogP) is 6.55. The van der Waals surface area contributed by atoms with Crippen molar-refractivity contribution >= 4 is 23.7 Å². The van der Waals surface area contributed by atoms with E-state index in [2.05, 4.69) is 99.2 Å². The fourth-order valence-corrected chi connectivity index (χ4v) is 5.41. The highest BCUT2D eigenvalue weighted by molar-refractivity contribution is 7.13. The highest BCUT2D eigenvalue weighted by Crippen LogP contribution is 2.29. The minimum atomic E-state index is 0. The number of hydrogen-bond donors (Lipinski definition) is 0. The lowest BCUT2D eigenvalue weighted by Crippen LogP contribution is -2.48. The zero-order valence-electron chi connectivity index (χ0n) is 19.4. The average molecular weight is 494 g/mol. The first kappa shape index (κ1) is 24.7. The van der Waals surface area contributed by atoms with Crippen LogP contribution in [0, 0.1) is 0 Å². The van der Waals surface area contributed by atoms with Crippen molar-refractivity contribution in [2.24, 2.45) is 0 Å². The van der Waals surface area contributed by atoms with E-state index < -0.39 is 0 Å². The van der Waals surface area contributed by atoms with Gasteiger partial charge in [0.2, 0.25) is 0 Å². The van der Waals surface area contributed by atoms with Gasteiger partial charge in [0.25, 0.3) is 0 Å². The number of hydrogen-bond acceptors (Lipinski definition) is 5. The van der Waals surface area contributed by atoms with Crippen LogP contribution in [0.4, 0.5) is 0 Å². The molecule has 1 fully saturated rings. The van der Waals surface area contributed by atoms with Gasteiger partial charge in [0.1, 0.15) is 11.5 Å². The van der Waals surface area contributed by atoms with Gasteiger partial charge in [-0.1, -0.05) is 71.9 Å². The molecule has 5 rings (SSSR count). The summed E-state index contributed by atoms with van der Waals surface area (Å²) in [7, 11) is 0. The van der Waals surface area contributed by atoms with Crippen LogP contribution in [0.5, 0.6) is 0 Å². The Morgan fingerprint density at radius 1 is 0.824 bits per heavy atom. The van der Waals surface area contributed by atoms with E-state index in [1.165, 1.54) is 22.4 Å². The summed E-state index contributed by atoms with van der Waals surface area (Å²) in [5, 5.41) is 6.30. The molecule has 0 radical (unpaired) electrons. The number of benzene rings is 2. The van der Waals surface area contributed by atoms with E-state index in [0.717, 1.165) is 57.0 Å². The number of rotatable bonds is 9. The average Bonchev–Trinajstić information content (AvgIpc) is 3.57. The summed E-state index contributed by atoms with van der Waals surface area (Å²) >= 11 is 1.70. The molecule has 0 amide bonds. The molecule has 0 N–H and O–H groups in total. The van der Waals surface area contributed by atoms with Crippen molar-refractivity contribution in [2.45, 2.75) is 25.3 Å². The summed E-state index contributed by atoms with van der Waals surface area (Å²) in [5.74, 6) is 0.997. The molecule has 178 valence electrons. The molecule has 1 aliphatic heterocycles. The van der Waals surface area contributed by atoms with E-state index in [-0.39, 0.29) is 12.4 Å². The Kier molecular flexibility index (Phi) is 8.94. The van der Waals surface area contributed by atoms with Gasteiger partial charge in [0, 0.05) is 38.7 Å². The Labute approximate surface area is 212 Å². The summed E-state index contributed by atoms with van der Waals surface area (Å²) in [5.41, 5.74) is 3.72. The summed E-state index contributed by atoms with van der Waals surface area (Å²) in [6, 6.07) is 28.4. The molecule has 0 aliphatic carbocycles. The summed E-state index contributed by atoms with van der Waals surface area (Å²) < 4.78 is 5.54. The van der Waals surface area contributed by atoms with E-state index in [9.17, 15) is 0 Å². The molecule has 0 unspecified atom stereocenters. The van der Waals surface area contributed by atoms with Gasteiger partial charge in [-0.3, -0.25) is 4.90 Å². The Bertz CT molecular complexity index is 1050. The van der Waals surface area contributed by atoms with Crippen molar-refractivity contribution in [3.05, 3.63) is 101 Å². The van der Waals surface area contributed by atoms with Crippen LogP contribution in [0.2, 0.25) is 0 Å². The molecule has 2 aromatic heterocycles. The SMILES string of the molecule is Cl.c1ccc(C(c2ccccc2)N2CCN(CCCCc3cc(-c4cccs4)no3)CC2)cc1. The van der Waals surface area contributed by atoms with Gasteiger partial charge in [-0.25, -0.2) is 0 Å². The van der Waals surface area contributed by atoms with E-state index in [1.54, 1.807) is 11.3 Å². The second kappa shape index (κ2) is 12.3. The van der Waals surface area contributed by atoms with Crippen LogP contribution in [0.25, 0.3) is 10.6 Å². The van der Waals surface area contributed by atoms with Crippen molar-refractivity contribution in [3.63, 3.8) is 0 Å². The molecule has 2 aromatic carbocycles. The zero-order chi connectivity index (χ0) is 22.3. The van der Waals surface area contributed by atoms with Crippen LogP contribution in [0.15, 0.2) is 88.8 Å². The minimum Gasteiger partial charge on any atom is -0.361 e. The lowest BCUT2D eigenvalue weighted by molar-refractivity contribution is 0.108. The standard InChI is InChI=1S/C28H31N3OS.ClH/c1-3-10-23(11-4-1)28(24-12-5-2-6-13-24)31-19-17-30(18-20-31)16-8-7-14-25-22-26(29-32-25)27-15-9-21-33-27;/h1-6,9-13,15,21-22,28H,7-8,14,16-20H2;1H. The van der Waals surface area contributed by atoms with Gasteiger partial charge in [-0.05, 0) is 42.0 Å². The number of piperazine rings is 1. The van der Waals surface area contributed by atoms with Gasteiger partial charge in [-0.2, -0.15) is 0 Å². The zero-order valence-corrected chi connectivity index (χ0v) is 21.0. The van der Waals surface area contributed by atoms with Crippen molar-refractivity contribution in [3.8, 4) is 10.6 Å². The highest BCUT2D eigenvalue weighted by atomic mass is 35.5. The second-order valence-electron chi connectivity index (χ2n) is 8.71. The topological polar surface area (TPSA) is 32.5 Å². The monoisotopic (exact) mass is 493 g/mol. The smallest absolute Gasteiger partial charge is 0.137 e. The summed E-state index contributed by atoms with van der Waals surface area (Å²) in [6.07, 6.45) is 3.29. The van der Waals surface area contributed by atoms with Crippen LogP contribution in [-0.2, 0) is 6.42 Å². The second-order valence-corrected chi connectivity index (χ2v) is 9.66. The quantitative estimate of drug-likeness (QED) is 0.247. The molecule has 4 nitrogen and oxygen atoms in total. The van der Waals surface area contributed by atoms with Crippen LogP contribution >= 0.6 is 23.7 Å². The predicted molar refractivity (Wildman–Crippen MR) is 143 cm³/mol. The largest absolute Gasteiger partial charge is 0.361 e. The molecule has 3 heterocycles. The Morgan fingerprint density at radius 3 is 2.12 bits per heavy atom. The molecule has 0 bridgehead atoms. The van der Waals surface area contributed by atoms with Gasteiger partial charge in [0.15, 0.2) is 0 Å². The third-order valence-electron chi connectivity index (χ3n) is 6.48. The molecule has 1 saturated heterocycles. The normalized spacial score (nSPS) is 14.9. The van der Waals surface area contributed by atoms with Crippen molar-refractivity contribution in [1.82, 2.24) is 15.0 Å². The van der Waals surface area contributed by atoms with Gasteiger partial charge in [0.05, 0.1) is 10.9 Å². The minimum absolute atomic E-state index is 0. The summed E-state index contributed by atoms with van der Waals surface area (Å²) in [4.78, 5) is 6.43. The first-order valence-corrected chi connectivity index (χ1v) is 12.8. The molecule has 1 aliphatic rings. The molecule has 0 saturated carbocycles. The number of halogens is 1. The molecular formula is C28H32ClN3OS. The maximum absolute atomic E-state index is 5.54. The number of thiophene rings is 1. The Balaban J connectivity index is 0.00000274. The number of aryl methyl sites for hydroxylation is 1. The van der Waals surface area contributed by atoms with E-state index in [4.69, 9.17) is 4.52 Å². The van der Waals surface area contributed by atoms with E-state index >= 15 is 0 Å². The van der Waals surface area contributed by atoms with Gasteiger partial charge < -0.3 is 9.42 Å². The van der Waals surface area contributed by atoms with Crippen molar-refractivity contribution < 1.29 is 4.52 Å². The molecular weight excluding hydrogens is 462 g/mol. The third kappa shape index (κ3) is 6.16. The molecule has 34 heavy (non-hydrogen) atoms. The lowest BCUT2D eigenvalue weighted by Gasteiger charge is -2.39. The third-order valence-corrected chi connectivity index (χ3v) is 7.38. The van der Waals surface area contributed by atoms with Crippen molar-refractivity contribution in [2.75, 3.05) is 32.7 Å². The molecule has 0 atom stereocenters. The first-order chi connectivity index (χ1) is 16.4. The Morgan fingerprint density at radius 2 is 1.50 bits per heavy atom. The van der Waals surface area contributed by atoms with Gasteiger partial charge in [-0.15, -0.1) is 23.7 Å². The van der Waals surface area contributed by atoms with Crippen LogP contribution < -0.4 is 0 Å². The highest BCUT2D eigenvalue weighted by Gasteiger charge is 2.26. The molecule has 0 spiro atoms. The lowest BCUT2D eigenvalue weighted by atomic mass is 9.96. The summed E-state index contributed by atoms with van der Waals surface area (Å²) in [6.45, 7) is 5.60. The van der Waals surface area contributed by atoms with Gasteiger partial charge >= 0.3 is 0 Å². The fraction of sp³-hybridized carbons (Fsp3) is 0.321. The number of aromatic nitrogens is 1. The molecule has 6 heteroatoms. The van der Waals surface area contributed by atoms with E-state index in [1.807, 2.05) is 0 Å². The van der Waals surface area contributed by atoms with E-state index in [0.29, 0.717) is 6.04 Å².